The van der Waals surface area contributed by atoms with Crippen LogP contribution in [-0.4, -0.2) is 11.5 Å². The Morgan fingerprint density at radius 2 is 0.816 bits per heavy atom. The first-order valence-electron chi connectivity index (χ1n) is 16.6. The second kappa shape index (κ2) is 13.0. The minimum atomic E-state index is 0.627. The molecule has 2 heteroatoms. The number of benzene rings is 8. The fraction of sp³-hybridized carbons (Fsp3) is 0.0213. The van der Waals surface area contributed by atoms with Crippen LogP contribution >= 0.6 is 0 Å². The van der Waals surface area contributed by atoms with Crippen molar-refractivity contribution in [3.63, 3.8) is 0 Å². The Kier molecular flexibility index (Phi) is 7.97. The summed E-state index contributed by atoms with van der Waals surface area (Å²) in [7, 11) is 0. The van der Waals surface area contributed by atoms with E-state index in [1.54, 1.807) is 0 Å². The molecule has 0 fully saturated rings. The van der Waals surface area contributed by atoms with Gasteiger partial charge in [0.1, 0.15) is 0 Å². The van der Waals surface area contributed by atoms with Crippen LogP contribution in [0.5, 0.6) is 0 Å². The number of amidine groups is 1. The highest BCUT2D eigenvalue weighted by Gasteiger charge is 2.12. The van der Waals surface area contributed by atoms with Gasteiger partial charge in [0.15, 0.2) is 5.84 Å². The van der Waals surface area contributed by atoms with Crippen molar-refractivity contribution in [2.24, 2.45) is 9.98 Å². The van der Waals surface area contributed by atoms with Crippen molar-refractivity contribution >= 4 is 49.6 Å². The van der Waals surface area contributed by atoms with Gasteiger partial charge in [-0.05, 0) is 90.8 Å². The summed E-state index contributed by atoms with van der Waals surface area (Å²) >= 11 is 0. The van der Waals surface area contributed by atoms with Gasteiger partial charge in [0, 0.05) is 11.3 Å². The van der Waals surface area contributed by atoms with E-state index in [9.17, 15) is 0 Å². The molecule has 2 nitrogen and oxygen atoms in total. The van der Waals surface area contributed by atoms with E-state index in [1.807, 2.05) is 55.5 Å². The molecule has 0 atom stereocenters. The molecular formula is C47H34N2. The molecule has 232 valence electrons. The monoisotopic (exact) mass is 626 g/mol. The van der Waals surface area contributed by atoms with E-state index in [4.69, 9.17) is 9.98 Å². The van der Waals surface area contributed by atoms with Gasteiger partial charge in [-0.2, -0.15) is 0 Å². The third-order valence-corrected chi connectivity index (χ3v) is 9.21. The minimum Gasteiger partial charge on any atom is -0.233 e. The maximum absolute atomic E-state index is 5.06. The first-order chi connectivity index (χ1) is 24.1. The van der Waals surface area contributed by atoms with Crippen LogP contribution in [0, 0.1) is 0 Å². The SMILES string of the molecule is C=C(N=C(N=C(C)c1ccccc1)c1cccc(-c2cccc(-c3ccc4c5ccccc5c5ccccc5c4c3)c2)c1)c1ccccc1. The molecule has 0 spiro atoms. The lowest BCUT2D eigenvalue weighted by Crippen LogP contribution is -2.04. The molecule has 0 N–H and O–H groups in total. The van der Waals surface area contributed by atoms with Crippen molar-refractivity contribution in [2.45, 2.75) is 6.92 Å². The lowest BCUT2D eigenvalue weighted by atomic mass is 9.91. The number of nitrogens with zero attached hydrogens (tertiary/aromatic N) is 2. The summed E-state index contributed by atoms with van der Waals surface area (Å²) in [5.41, 5.74) is 9.11. The highest BCUT2D eigenvalue weighted by atomic mass is 14.9. The maximum atomic E-state index is 5.06. The minimum absolute atomic E-state index is 0.627. The topological polar surface area (TPSA) is 24.7 Å². The zero-order valence-corrected chi connectivity index (χ0v) is 27.3. The van der Waals surface area contributed by atoms with Crippen LogP contribution in [0.3, 0.4) is 0 Å². The van der Waals surface area contributed by atoms with Crippen molar-refractivity contribution in [3.05, 3.63) is 199 Å². The van der Waals surface area contributed by atoms with E-state index in [-0.39, 0.29) is 0 Å². The van der Waals surface area contributed by atoms with Crippen LogP contribution in [0.25, 0.3) is 60.3 Å². The fourth-order valence-corrected chi connectivity index (χ4v) is 6.68. The van der Waals surface area contributed by atoms with E-state index >= 15 is 0 Å². The van der Waals surface area contributed by atoms with Crippen molar-refractivity contribution in [2.75, 3.05) is 0 Å². The molecule has 0 aromatic heterocycles. The summed E-state index contributed by atoms with van der Waals surface area (Å²) < 4.78 is 0. The molecule has 0 radical (unpaired) electrons. The van der Waals surface area contributed by atoms with Crippen LogP contribution in [0.15, 0.2) is 192 Å². The van der Waals surface area contributed by atoms with E-state index in [0.717, 1.165) is 33.5 Å². The van der Waals surface area contributed by atoms with E-state index < -0.39 is 0 Å². The Hall–Kier alpha value is -6.38. The molecule has 0 heterocycles. The second-order valence-corrected chi connectivity index (χ2v) is 12.3. The summed E-state index contributed by atoms with van der Waals surface area (Å²) in [6.45, 7) is 6.32. The molecule has 0 saturated carbocycles. The van der Waals surface area contributed by atoms with Gasteiger partial charge in [0.25, 0.3) is 0 Å². The zero-order chi connectivity index (χ0) is 33.2. The van der Waals surface area contributed by atoms with Crippen molar-refractivity contribution in [1.82, 2.24) is 0 Å². The highest BCUT2D eigenvalue weighted by Crippen LogP contribution is 2.37. The van der Waals surface area contributed by atoms with Crippen molar-refractivity contribution < 1.29 is 0 Å². The summed E-state index contributed by atoms with van der Waals surface area (Å²) in [6.07, 6.45) is 0. The van der Waals surface area contributed by atoms with Gasteiger partial charge < -0.3 is 0 Å². The normalized spacial score (nSPS) is 12.1. The van der Waals surface area contributed by atoms with E-state index in [0.29, 0.717) is 11.5 Å². The number of rotatable bonds is 6. The average Bonchev–Trinajstić information content (AvgIpc) is 3.18. The van der Waals surface area contributed by atoms with Crippen LogP contribution in [0.4, 0.5) is 0 Å². The third-order valence-electron chi connectivity index (χ3n) is 9.21. The summed E-state index contributed by atoms with van der Waals surface area (Å²) in [6, 6.07) is 61.9. The zero-order valence-electron chi connectivity index (χ0n) is 27.3. The molecule has 0 saturated heterocycles. The standard InChI is InChI=1S/C47H34N2/c1-32(34-15-5-3-6-16-34)48-47(49-33(2)35-17-7-4-8-18-35)40-22-14-21-38(30-40)36-19-13-20-37(29-36)39-27-28-45-43-25-10-9-23-41(43)42-24-11-12-26-44(42)46(45)31-39/h3-31H,1H2,2H3. The molecule has 0 amide bonds. The molecule has 0 aliphatic rings. The quantitative estimate of drug-likeness (QED) is 0.0997. The molecular weight excluding hydrogens is 593 g/mol. The number of aliphatic imine (C=N–C) groups is 2. The average molecular weight is 627 g/mol. The number of hydrogen-bond acceptors (Lipinski definition) is 1. The Balaban J connectivity index is 1.21. The highest BCUT2D eigenvalue weighted by molar-refractivity contribution is 6.25. The fourth-order valence-electron chi connectivity index (χ4n) is 6.68. The summed E-state index contributed by atoms with van der Waals surface area (Å²) in [5.74, 6) is 0.627. The number of fused-ring (bicyclic) bond motifs is 6. The van der Waals surface area contributed by atoms with Crippen molar-refractivity contribution in [3.8, 4) is 22.3 Å². The van der Waals surface area contributed by atoms with Gasteiger partial charge in [0.2, 0.25) is 0 Å². The van der Waals surface area contributed by atoms with Crippen LogP contribution in [-0.2, 0) is 0 Å². The Morgan fingerprint density at radius 3 is 1.43 bits per heavy atom. The molecule has 8 aromatic rings. The molecule has 8 aromatic carbocycles. The first kappa shape index (κ1) is 30.0. The lowest BCUT2D eigenvalue weighted by Gasteiger charge is -2.13. The third kappa shape index (κ3) is 5.97. The molecule has 49 heavy (non-hydrogen) atoms. The van der Waals surface area contributed by atoms with Crippen molar-refractivity contribution in [1.29, 1.82) is 0 Å². The van der Waals surface area contributed by atoms with E-state index in [1.165, 1.54) is 43.4 Å². The largest absolute Gasteiger partial charge is 0.233 e. The van der Waals surface area contributed by atoms with Gasteiger partial charge in [-0.25, -0.2) is 9.98 Å². The van der Waals surface area contributed by atoms with Gasteiger partial charge >= 0.3 is 0 Å². The molecule has 8 rings (SSSR count). The predicted octanol–water partition coefficient (Wildman–Crippen LogP) is 12.4. The molecule has 0 bridgehead atoms. The second-order valence-electron chi connectivity index (χ2n) is 12.3. The van der Waals surface area contributed by atoms with Gasteiger partial charge in [-0.1, -0.05) is 164 Å². The summed E-state index contributed by atoms with van der Waals surface area (Å²) in [5, 5.41) is 7.68. The first-order valence-corrected chi connectivity index (χ1v) is 16.6. The van der Waals surface area contributed by atoms with Crippen LogP contribution < -0.4 is 0 Å². The van der Waals surface area contributed by atoms with Gasteiger partial charge in [-0.3, -0.25) is 0 Å². The maximum Gasteiger partial charge on any atom is 0.160 e. The molecule has 0 unspecified atom stereocenters. The van der Waals surface area contributed by atoms with E-state index in [2.05, 4.69) is 134 Å². The smallest absolute Gasteiger partial charge is 0.160 e. The number of hydrogen-bond donors (Lipinski definition) is 0. The molecule has 0 aliphatic heterocycles. The Bertz CT molecular complexity index is 2520. The predicted molar refractivity (Wildman–Crippen MR) is 210 cm³/mol. The van der Waals surface area contributed by atoms with Crippen LogP contribution in [0.2, 0.25) is 0 Å². The summed E-state index contributed by atoms with van der Waals surface area (Å²) in [4.78, 5) is 10.1. The lowest BCUT2D eigenvalue weighted by molar-refractivity contribution is 1.44. The van der Waals surface area contributed by atoms with Crippen LogP contribution in [0.1, 0.15) is 23.6 Å². The Morgan fingerprint density at radius 1 is 0.367 bits per heavy atom. The van der Waals surface area contributed by atoms with Gasteiger partial charge in [0.05, 0.1) is 5.70 Å². The molecule has 0 aliphatic carbocycles. The van der Waals surface area contributed by atoms with Gasteiger partial charge in [-0.15, -0.1) is 0 Å². The Labute approximate surface area is 287 Å².